The molecule has 0 N–H and O–H groups in total. The molecule has 14 heavy (non-hydrogen) atoms. The molecule has 0 amide bonds. The Kier molecular flexibility index (Phi) is 5.49. The van der Waals surface area contributed by atoms with Crippen LogP contribution in [0.15, 0.2) is 0 Å². The summed E-state index contributed by atoms with van der Waals surface area (Å²) in [6.07, 6.45) is 5.60. The Morgan fingerprint density at radius 1 is 1.07 bits per heavy atom. The number of hydrogen-bond acceptors (Lipinski definition) is 2. The first-order valence-electron chi connectivity index (χ1n) is 5.77. The fourth-order valence-corrected chi connectivity index (χ4v) is 2.73. The molecule has 0 saturated heterocycles. The van der Waals surface area contributed by atoms with Gasteiger partial charge in [-0.1, -0.05) is 32.6 Å². The van der Waals surface area contributed by atoms with Crippen molar-refractivity contribution in [3.05, 3.63) is 0 Å². The van der Waals surface area contributed by atoms with Crippen LogP contribution in [0.5, 0.6) is 0 Å². The highest BCUT2D eigenvalue weighted by Crippen LogP contribution is 2.35. The highest BCUT2D eigenvalue weighted by atomic mass is 16.5. The van der Waals surface area contributed by atoms with Gasteiger partial charge < -0.3 is 9.47 Å². The van der Waals surface area contributed by atoms with Crippen LogP contribution >= 0.6 is 0 Å². The van der Waals surface area contributed by atoms with Crippen molar-refractivity contribution in [3.8, 4) is 0 Å². The van der Waals surface area contributed by atoms with E-state index in [2.05, 4.69) is 6.92 Å². The summed E-state index contributed by atoms with van der Waals surface area (Å²) in [5.74, 6) is 2.20. The van der Waals surface area contributed by atoms with Crippen LogP contribution in [-0.4, -0.2) is 27.4 Å². The predicted octanol–water partition coefficient (Wildman–Crippen LogP) is 2.72. The zero-order valence-corrected chi connectivity index (χ0v) is 9.79. The van der Waals surface area contributed by atoms with Gasteiger partial charge in [0.2, 0.25) is 0 Å². The molecule has 1 fully saturated rings. The molecule has 1 aliphatic rings. The lowest BCUT2D eigenvalue weighted by Crippen LogP contribution is -2.27. The van der Waals surface area contributed by atoms with Crippen LogP contribution in [-0.2, 0) is 9.47 Å². The number of ether oxygens (including phenoxy) is 2. The third kappa shape index (κ3) is 3.25. The molecule has 0 bridgehead atoms. The Balaban J connectivity index is 2.43. The van der Waals surface area contributed by atoms with E-state index in [0.29, 0.717) is 11.8 Å². The standard InChI is InChI=1S/C12H24O2/c1-10(8-13-2)12(9-14-3)11-6-4-5-7-11/h10-12H,4-9H2,1-3H3. The first kappa shape index (κ1) is 12.0. The van der Waals surface area contributed by atoms with Gasteiger partial charge in [-0.3, -0.25) is 0 Å². The van der Waals surface area contributed by atoms with Crippen molar-refractivity contribution in [2.75, 3.05) is 27.4 Å². The van der Waals surface area contributed by atoms with Gasteiger partial charge in [0.15, 0.2) is 0 Å². The fourth-order valence-electron chi connectivity index (χ4n) is 2.73. The van der Waals surface area contributed by atoms with E-state index >= 15 is 0 Å². The van der Waals surface area contributed by atoms with Crippen LogP contribution in [0.2, 0.25) is 0 Å². The average Bonchev–Trinajstić information content (AvgIpc) is 2.67. The zero-order valence-electron chi connectivity index (χ0n) is 9.79. The van der Waals surface area contributed by atoms with E-state index < -0.39 is 0 Å². The minimum absolute atomic E-state index is 0.628. The highest BCUT2D eigenvalue weighted by molar-refractivity contribution is 4.78. The molecule has 1 aliphatic carbocycles. The summed E-state index contributed by atoms with van der Waals surface area (Å²) in [5, 5.41) is 0. The largest absolute Gasteiger partial charge is 0.384 e. The molecule has 2 unspecified atom stereocenters. The van der Waals surface area contributed by atoms with Gasteiger partial charge in [0.25, 0.3) is 0 Å². The van der Waals surface area contributed by atoms with Crippen molar-refractivity contribution in [2.45, 2.75) is 32.6 Å². The molecule has 0 aliphatic heterocycles. The van der Waals surface area contributed by atoms with E-state index in [1.54, 1.807) is 7.11 Å². The minimum Gasteiger partial charge on any atom is -0.384 e. The van der Waals surface area contributed by atoms with Gasteiger partial charge in [-0.25, -0.2) is 0 Å². The molecule has 0 spiro atoms. The lowest BCUT2D eigenvalue weighted by molar-refractivity contribution is 0.0491. The van der Waals surface area contributed by atoms with Gasteiger partial charge in [-0.15, -0.1) is 0 Å². The third-order valence-corrected chi connectivity index (χ3v) is 3.52. The van der Waals surface area contributed by atoms with Crippen molar-refractivity contribution < 1.29 is 9.47 Å². The molecule has 2 nitrogen and oxygen atoms in total. The highest BCUT2D eigenvalue weighted by Gasteiger charge is 2.28. The van der Waals surface area contributed by atoms with Crippen LogP contribution in [0.4, 0.5) is 0 Å². The molecule has 1 rings (SSSR count). The molecule has 0 aromatic heterocycles. The first-order valence-corrected chi connectivity index (χ1v) is 5.77. The van der Waals surface area contributed by atoms with Crippen molar-refractivity contribution in [1.29, 1.82) is 0 Å². The molecule has 0 radical (unpaired) electrons. The predicted molar refractivity (Wildman–Crippen MR) is 58.4 cm³/mol. The summed E-state index contributed by atoms with van der Waals surface area (Å²) in [6.45, 7) is 4.05. The Labute approximate surface area is 88.0 Å². The van der Waals surface area contributed by atoms with Gasteiger partial charge in [-0.2, -0.15) is 0 Å². The van der Waals surface area contributed by atoms with Crippen LogP contribution in [0.1, 0.15) is 32.6 Å². The summed E-state index contributed by atoms with van der Waals surface area (Å²) in [6, 6.07) is 0. The Hall–Kier alpha value is -0.0800. The Morgan fingerprint density at radius 3 is 2.14 bits per heavy atom. The van der Waals surface area contributed by atoms with E-state index in [4.69, 9.17) is 9.47 Å². The summed E-state index contributed by atoms with van der Waals surface area (Å²) < 4.78 is 10.6. The average molecular weight is 200 g/mol. The molecular formula is C12H24O2. The van der Waals surface area contributed by atoms with Gasteiger partial charge in [0.05, 0.1) is 0 Å². The maximum absolute atomic E-state index is 5.33. The molecule has 1 saturated carbocycles. The molecular weight excluding hydrogens is 176 g/mol. The van der Waals surface area contributed by atoms with E-state index in [0.717, 1.165) is 19.1 Å². The summed E-state index contributed by atoms with van der Waals surface area (Å²) >= 11 is 0. The van der Waals surface area contributed by atoms with Crippen molar-refractivity contribution in [2.24, 2.45) is 17.8 Å². The second kappa shape index (κ2) is 6.41. The normalized spacial score (nSPS) is 22.5. The van der Waals surface area contributed by atoms with Crippen molar-refractivity contribution >= 4 is 0 Å². The van der Waals surface area contributed by atoms with Gasteiger partial charge in [0, 0.05) is 27.4 Å². The molecule has 0 aromatic carbocycles. The minimum atomic E-state index is 0.628. The van der Waals surface area contributed by atoms with Crippen molar-refractivity contribution in [1.82, 2.24) is 0 Å². The number of hydrogen-bond donors (Lipinski definition) is 0. The van der Waals surface area contributed by atoms with Crippen LogP contribution < -0.4 is 0 Å². The quantitative estimate of drug-likeness (QED) is 0.656. The molecule has 0 aromatic rings. The Morgan fingerprint density at radius 2 is 1.64 bits per heavy atom. The monoisotopic (exact) mass is 200 g/mol. The topological polar surface area (TPSA) is 18.5 Å². The summed E-state index contributed by atoms with van der Waals surface area (Å²) in [4.78, 5) is 0. The molecule has 2 atom stereocenters. The SMILES string of the molecule is COCC(C)C(COC)C1CCCC1. The summed E-state index contributed by atoms with van der Waals surface area (Å²) in [5.41, 5.74) is 0. The third-order valence-electron chi connectivity index (χ3n) is 3.52. The zero-order chi connectivity index (χ0) is 10.4. The maximum Gasteiger partial charge on any atom is 0.0496 e. The maximum atomic E-state index is 5.33. The van der Waals surface area contributed by atoms with Crippen LogP contribution in [0, 0.1) is 17.8 Å². The van der Waals surface area contributed by atoms with E-state index in [9.17, 15) is 0 Å². The molecule has 84 valence electrons. The second-order valence-corrected chi connectivity index (χ2v) is 4.60. The smallest absolute Gasteiger partial charge is 0.0496 e. The van der Waals surface area contributed by atoms with Crippen molar-refractivity contribution in [3.63, 3.8) is 0 Å². The fraction of sp³-hybridized carbons (Fsp3) is 1.00. The van der Waals surface area contributed by atoms with Gasteiger partial charge in [-0.05, 0) is 17.8 Å². The van der Waals surface area contributed by atoms with E-state index in [1.165, 1.54) is 25.7 Å². The first-order chi connectivity index (χ1) is 6.79. The number of rotatable bonds is 6. The van der Waals surface area contributed by atoms with Crippen LogP contribution in [0.3, 0.4) is 0 Å². The molecule has 0 heterocycles. The summed E-state index contributed by atoms with van der Waals surface area (Å²) in [7, 11) is 3.59. The van der Waals surface area contributed by atoms with Gasteiger partial charge >= 0.3 is 0 Å². The Bertz CT molecular complexity index is 141. The lowest BCUT2D eigenvalue weighted by atomic mass is 9.82. The van der Waals surface area contributed by atoms with Gasteiger partial charge in [0.1, 0.15) is 0 Å². The van der Waals surface area contributed by atoms with E-state index in [-0.39, 0.29) is 0 Å². The lowest BCUT2D eigenvalue weighted by Gasteiger charge is -2.28. The van der Waals surface area contributed by atoms with E-state index in [1.807, 2.05) is 7.11 Å². The number of methoxy groups -OCH3 is 2. The molecule has 2 heteroatoms. The second-order valence-electron chi connectivity index (χ2n) is 4.60. The van der Waals surface area contributed by atoms with Crippen LogP contribution in [0.25, 0.3) is 0 Å².